The van der Waals surface area contributed by atoms with Gasteiger partial charge in [-0.15, -0.1) is 0 Å². The SMILES string of the molecule is NC(=O)Nc1c(Cl)cc(Cl)cc1Cl. The molecule has 3 N–H and O–H groups in total. The summed E-state index contributed by atoms with van der Waals surface area (Å²) < 4.78 is 0. The molecule has 0 heterocycles. The summed E-state index contributed by atoms with van der Waals surface area (Å²) in [6.07, 6.45) is 0. The fraction of sp³-hybridized carbons (Fsp3) is 0. The number of anilines is 1. The quantitative estimate of drug-likeness (QED) is 0.777. The van der Waals surface area contributed by atoms with Gasteiger partial charge >= 0.3 is 6.03 Å². The Hall–Kier alpha value is -0.640. The van der Waals surface area contributed by atoms with E-state index in [1.165, 1.54) is 12.1 Å². The highest BCUT2D eigenvalue weighted by Crippen LogP contribution is 2.33. The van der Waals surface area contributed by atoms with E-state index >= 15 is 0 Å². The number of nitrogens with two attached hydrogens (primary N) is 1. The molecule has 1 aromatic rings. The molecular formula is C7H5Cl3N2O. The molecule has 0 saturated heterocycles. The van der Waals surface area contributed by atoms with Crippen LogP contribution in [-0.2, 0) is 0 Å². The molecule has 0 bridgehead atoms. The van der Waals surface area contributed by atoms with E-state index < -0.39 is 6.03 Å². The molecule has 0 aromatic heterocycles. The van der Waals surface area contributed by atoms with Gasteiger partial charge in [-0.1, -0.05) is 34.8 Å². The van der Waals surface area contributed by atoms with Crippen LogP contribution in [0, 0.1) is 0 Å². The van der Waals surface area contributed by atoms with Gasteiger partial charge in [-0.05, 0) is 12.1 Å². The molecular weight excluding hydrogens is 234 g/mol. The van der Waals surface area contributed by atoms with Crippen LogP contribution in [0.15, 0.2) is 12.1 Å². The highest BCUT2D eigenvalue weighted by molar-refractivity contribution is 6.42. The minimum absolute atomic E-state index is 0.247. The lowest BCUT2D eigenvalue weighted by molar-refractivity contribution is 0.259. The van der Waals surface area contributed by atoms with E-state index in [0.717, 1.165) is 0 Å². The number of primary amides is 1. The van der Waals surface area contributed by atoms with E-state index in [-0.39, 0.29) is 15.7 Å². The van der Waals surface area contributed by atoms with Crippen LogP contribution in [0.3, 0.4) is 0 Å². The predicted molar refractivity (Wildman–Crippen MR) is 54.7 cm³/mol. The van der Waals surface area contributed by atoms with Gasteiger partial charge in [-0.25, -0.2) is 4.79 Å². The second-order valence-electron chi connectivity index (χ2n) is 2.23. The molecule has 1 rings (SSSR count). The van der Waals surface area contributed by atoms with Crippen molar-refractivity contribution >= 4 is 46.5 Å². The maximum Gasteiger partial charge on any atom is 0.316 e. The van der Waals surface area contributed by atoms with Gasteiger partial charge in [0, 0.05) is 5.02 Å². The van der Waals surface area contributed by atoms with Gasteiger partial charge in [-0.3, -0.25) is 0 Å². The minimum atomic E-state index is -0.730. The number of carbonyl (C=O) groups excluding carboxylic acids is 1. The Labute approximate surface area is 89.8 Å². The topological polar surface area (TPSA) is 55.1 Å². The molecule has 0 unspecified atom stereocenters. The molecule has 0 fully saturated rings. The number of benzene rings is 1. The third-order valence-electron chi connectivity index (χ3n) is 1.26. The van der Waals surface area contributed by atoms with Crippen molar-refractivity contribution in [1.29, 1.82) is 0 Å². The lowest BCUT2D eigenvalue weighted by atomic mass is 10.3. The Bertz CT molecular complexity index is 331. The first-order valence-corrected chi connectivity index (χ1v) is 4.35. The van der Waals surface area contributed by atoms with Gasteiger partial charge in [0.05, 0.1) is 15.7 Å². The standard InChI is InChI=1S/C7H5Cl3N2O/c8-3-1-4(9)6(5(10)2-3)12-7(11)13/h1-2H,(H3,11,12,13). The average molecular weight is 239 g/mol. The zero-order valence-electron chi connectivity index (χ0n) is 6.27. The Morgan fingerprint density at radius 3 is 2.08 bits per heavy atom. The maximum atomic E-state index is 10.5. The lowest BCUT2D eigenvalue weighted by Gasteiger charge is -2.06. The van der Waals surface area contributed by atoms with Crippen molar-refractivity contribution in [3.05, 3.63) is 27.2 Å². The summed E-state index contributed by atoms with van der Waals surface area (Å²) in [7, 11) is 0. The second-order valence-corrected chi connectivity index (χ2v) is 3.48. The van der Waals surface area contributed by atoms with Gasteiger partial charge in [0.1, 0.15) is 0 Å². The molecule has 0 atom stereocenters. The van der Waals surface area contributed by atoms with E-state index in [9.17, 15) is 4.79 Å². The number of amides is 2. The van der Waals surface area contributed by atoms with E-state index in [2.05, 4.69) is 5.32 Å². The zero-order valence-corrected chi connectivity index (χ0v) is 8.54. The van der Waals surface area contributed by atoms with Gasteiger partial charge in [0.25, 0.3) is 0 Å². The van der Waals surface area contributed by atoms with Gasteiger partial charge in [-0.2, -0.15) is 0 Å². The summed E-state index contributed by atoms with van der Waals surface area (Å²) in [6.45, 7) is 0. The molecule has 0 aliphatic rings. The number of rotatable bonds is 1. The van der Waals surface area contributed by atoms with Crippen LogP contribution in [0.4, 0.5) is 10.5 Å². The number of hydrogen-bond acceptors (Lipinski definition) is 1. The lowest BCUT2D eigenvalue weighted by Crippen LogP contribution is -2.19. The number of urea groups is 1. The first-order chi connectivity index (χ1) is 6.00. The predicted octanol–water partition coefficient (Wildman–Crippen LogP) is 3.14. The van der Waals surface area contributed by atoms with E-state index in [1.807, 2.05) is 0 Å². The number of carbonyl (C=O) groups is 1. The average Bonchev–Trinajstić information content (AvgIpc) is 1.96. The molecule has 2 amide bonds. The first-order valence-electron chi connectivity index (χ1n) is 3.21. The molecule has 13 heavy (non-hydrogen) atoms. The third kappa shape index (κ3) is 2.66. The van der Waals surface area contributed by atoms with Crippen LogP contribution in [0.25, 0.3) is 0 Å². The highest BCUT2D eigenvalue weighted by Gasteiger charge is 2.08. The van der Waals surface area contributed by atoms with Crippen LogP contribution in [0.1, 0.15) is 0 Å². The molecule has 6 heteroatoms. The van der Waals surface area contributed by atoms with Crippen LogP contribution < -0.4 is 11.1 Å². The third-order valence-corrected chi connectivity index (χ3v) is 2.07. The van der Waals surface area contributed by atoms with Crippen molar-refractivity contribution in [3.8, 4) is 0 Å². The molecule has 0 aliphatic heterocycles. The van der Waals surface area contributed by atoms with Gasteiger partial charge in [0.15, 0.2) is 0 Å². The Balaban J connectivity index is 3.13. The van der Waals surface area contributed by atoms with Crippen molar-refractivity contribution < 1.29 is 4.79 Å². The smallest absolute Gasteiger partial charge is 0.316 e. The van der Waals surface area contributed by atoms with Crippen molar-refractivity contribution in [3.63, 3.8) is 0 Å². The van der Waals surface area contributed by atoms with Crippen LogP contribution in [-0.4, -0.2) is 6.03 Å². The minimum Gasteiger partial charge on any atom is -0.351 e. The normalized spacial score (nSPS) is 9.77. The molecule has 0 aliphatic carbocycles. The Morgan fingerprint density at radius 1 is 1.23 bits per heavy atom. The van der Waals surface area contributed by atoms with Crippen LogP contribution >= 0.6 is 34.8 Å². The summed E-state index contributed by atoms with van der Waals surface area (Å²) in [5.41, 5.74) is 5.16. The second kappa shape index (κ2) is 4.05. The molecule has 3 nitrogen and oxygen atoms in total. The van der Waals surface area contributed by atoms with Gasteiger partial charge < -0.3 is 11.1 Å². The molecule has 0 spiro atoms. The fourth-order valence-electron chi connectivity index (χ4n) is 0.785. The fourth-order valence-corrected chi connectivity index (χ4v) is 1.70. The summed E-state index contributed by atoms with van der Waals surface area (Å²) in [5, 5.41) is 3.17. The summed E-state index contributed by atoms with van der Waals surface area (Å²) in [4.78, 5) is 10.5. The molecule has 0 saturated carbocycles. The van der Waals surface area contributed by atoms with Crippen LogP contribution in [0.5, 0.6) is 0 Å². The van der Waals surface area contributed by atoms with Crippen molar-refractivity contribution in [2.24, 2.45) is 5.73 Å². The Morgan fingerprint density at radius 2 is 1.69 bits per heavy atom. The number of halogens is 3. The number of nitrogens with one attached hydrogen (secondary N) is 1. The first kappa shape index (κ1) is 10.4. The van der Waals surface area contributed by atoms with Crippen molar-refractivity contribution in [2.75, 3.05) is 5.32 Å². The van der Waals surface area contributed by atoms with Crippen LogP contribution in [0.2, 0.25) is 15.1 Å². The summed E-state index contributed by atoms with van der Waals surface area (Å²) >= 11 is 17.1. The Kier molecular flexibility index (Phi) is 3.25. The van der Waals surface area contributed by atoms with Crippen molar-refractivity contribution in [1.82, 2.24) is 0 Å². The summed E-state index contributed by atoms with van der Waals surface area (Å²) in [5.74, 6) is 0. The van der Waals surface area contributed by atoms with Gasteiger partial charge in [0.2, 0.25) is 0 Å². The molecule has 1 aromatic carbocycles. The maximum absolute atomic E-state index is 10.5. The van der Waals surface area contributed by atoms with Crippen molar-refractivity contribution in [2.45, 2.75) is 0 Å². The zero-order chi connectivity index (χ0) is 10.0. The van der Waals surface area contributed by atoms with E-state index in [4.69, 9.17) is 40.5 Å². The van der Waals surface area contributed by atoms with E-state index in [1.54, 1.807) is 0 Å². The number of hydrogen-bond donors (Lipinski definition) is 2. The molecule has 70 valence electrons. The monoisotopic (exact) mass is 238 g/mol. The largest absolute Gasteiger partial charge is 0.351 e. The summed E-state index contributed by atoms with van der Waals surface area (Å²) in [6, 6.07) is 2.19. The highest BCUT2D eigenvalue weighted by atomic mass is 35.5. The van der Waals surface area contributed by atoms with E-state index in [0.29, 0.717) is 5.02 Å². The molecule has 0 radical (unpaired) electrons.